The fourth-order valence-corrected chi connectivity index (χ4v) is 5.96. The Morgan fingerprint density at radius 2 is 1.78 bits per heavy atom. The SMILES string of the molecule is COc1cc(F)c(C(C)C)cc1-c1ccc(C(F)(F)F)cc1CN1C(=O)SC(c2cccc(C)c2)C1C. The van der Waals surface area contributed by atoms with Crippen molar-refractivity contribution in [3.8, 4) is 16.9 Å². The Kier molecular flexibility index (Phi) is 7.60. The van der Waals surface area contributed by atoms with Crippen LogP contribution in [0.15, 0.2) is 54.6 Å². The van der Waals surface area contributed by atoms with Gasteiger partial charge in [0.15, 0.2) is 0 Å². The maximum absolute atomic E-state index is 14.7. The average Bonchev–Trinajstić information content (AvgIpc) is 3.11. The molecule has 196 valence electrons. The normalized spacial score (nSPS) is 18.1. The second kappa shape index (κ2) is 10.4. The molecule has 1 aliphatic heterocycles. The van der Waals surface area contributed by atoms with E-state index in [2.05, 4.69) is 0 Å². The van der Waals surface area contributed by atoms with Crippen molar-refractivity contribution in [1.82, 2.24) is 4.90 Å². The van der Waals surface area contributed by atoms with Crippen LogP contribution >= 0.6 is 11.8 Å². The van der Waals surface area contributed by atoms with Gasteiger partial charge in [0.1, 0.15) is 11.6 Å². The zero-order valence-electron chi connectivity index (χ0n) is 21.3. The van der Waals surface area contributed by atoms with Crippen LogP contribution in [0, 0.1) is 12.7 Å². The summed E-state index contributed by atoms with van der Waals surface area (Å²) in [7, 11) is 1.40. The van der Waals surface area contributed by atoms with E-state index in [0.29, 0.717) is 22.3 Å². The molecule has 0 aliphatic carbocycles. The minimum absolute atomic E-state index is 0.0217. The molecule has 1 saturated heterocycles. The molecule has 1 amide bonds. The number of amides is 1. The van der Waals surface area contributed by atoms with E-state index < -0.39 is 17.6 Å². The van der Waals surface area contributed by atoms with Crippen LogP contribution in [0.3, 0.4) is 0 Å². The van der Waals surface area contributed by atoms with E-state index in [4.69, 9.17) is 4.74 Å². The number of nitrogens with zero attached hydrogens (tertiary/aromatic N) is 1. The van der Waals surface area contributed by atoms with E-state index in [0.717, 1.165) is 23.3 Å². The molecule has 0 radical (unpaired) electrons. The number of carbonyl (C=O) groups excluding carboxylic acids is 1. The van der Waals surface area contributed by atoms with E-state index in [9.17, 15) is 22.4 Å². The minimum Gasteiger partial charge on any atom is -0.496 e. The van der Waals surface area contributed by atoms with Crippen LogP contribution < -0.4 is 4.74 Å². The minimum atomic E-state index is -4.55. The first-order valence-electron chi connectivity index (χ1n) is 12.0. The van der Waals surface area contributed by atoms with Crippen molar-refractivity contribution in [3.63, 3.8) is 0 Å². The quantitative estimate of drug-likeness (QED) is 0.298. The number of thioether (sulfide) groups is 1. The largest absolute Gasteiger partial charge is 0.496 e. The molecule has 4 rings (SSSR count). The molecule has 0 bridgehead atoms. The van der Waals surface area contributed by atoms with Gasteiger partial charge in [0.05, 0.1) is 17.9 Å². The molecule has 2 unspecified atom stereocenters. The van der Waals surface area contributed by atoms with E-state index >= 15 is 0 Å². The standard InChI is InChI=1S/C29H29F4NO2S/c1-16(2)23-13-24(26(36-5)14-25(23)30)22-10-9-21(29(31,32)33)12-20(22)15-34-18(4)27(37-28(34)35)19-8-6-7-17(3)11-19/h6-14,16,18,27H,15H2,1-5H3. The summed E-state index contributed by atoms with van der Waals surface area (Å²) >= 11 is 1.18. The first kappa shape index (κ1) is 27.0. The maximum Gasteiger partial charge on any atom is 0.416 e. The Morgan fingerprint density at radius 1 is 1.05 bits per heavy atom. The van der Waals surface area contributed by atoms with E-state index in [1.165, 1.54) is 31.0 Å². The molecule has 3 nitrogen and oxygen atoms in total. The highest BCUT2D eigenvalue weighted by Gasteiger charge is 2.39. The second-order valence-electron chi connectivity index (χ2n) is 9.69. The maximum atomic E-state index is 14.7. The van der Waals surface area contributed by atoms with Gasteiger partial charge in [-0.25, -0.2) is 4.39 Å². The van der Waals surface area contributed by atoms with Crippen molar-refractivity contribution < 1.29 is 27.1 Å². The van der Waals surface area contributed by atoms with Crippen LogP contribution in [0.5, 0.6) is 5.75 Å². The van der Waals surface area contributed by atoms with Gasteiger partial charge >= 0.3 is 6.18 Å². The highest BCUT2D eigenvalue weighted by molar-refractivity contribution is 8.14. The summed E-state index contributed by atoms with van der Waals surface area (Å²) in [5, 5.41) is -0.342. The van der Waals surface area contributed by atoms with Crippen molar-refractivity contribution in [2.75, 3.05) is 7.11 Å². The third kappa shape index (κ3) is 5.49. The van der Waals surface area contributed by atoms with Crippen molar-refractivity contribution in [3.05, 3.63) is 88.2 Å². The van der Waals surface area contributed by atoms with Crippen molar-refractivity contribution in [1.29, 1.82) is 0 Å². The molecular weight excluding hydrogens is 502 g/mol. The summed E-state index contributed by atoms with van der Waals surface area (Å²) in [5.41, 5.74) is 2.97. The number of benzene rings is 3. The molecular formula is C29H29F4NO2S. The monoisotopic (exact) mass is 531 g/mol. The van der Waals surface area contributed by atoms with Crippen molar-refractivity contribution in [2.45, 2.75) is 57.6 Å². The third-order valence-corrected chi connectivity index (χ3v) is 8.12. The molecule has 0 N–H and O–H groups in total. The summed E-state index contributed by atoms with van der Waals surface area (Å²) < 4.78 is 61.2. The molecule has 0 aromatic heterocycles. The number of aryl methyl sites for hydroxylation is 1. The first-order chi connectivity index (χ1) is 17.4. The number of rotatable bonds is 6. The topological polar surface area (TPSA) is 29.5 Å². The predicted molar refractivity (Wildman–Crippen MR) is 139 cm³/mol. The fraction of sp³-hybridized carbons (Fsp3) is 0.345. The Morgan fingerprint density at radius 3 is 2.41 bits per heavy atom. The lowest BCUT2D eigenvalue weighted by molar-refractivity contribution is -0.137. The molecule has 3 aromatic carbocycles. The Hall–Kier alpha value is -3.00. The van der Waals surface area contributed by atoms with Gasteiger partial charge in [0.25, 0.3) is 5.24 Å². The smallest absolute Gasteiger partial charge is 0.416 e. The molecule has 1 aliphatic rings. The molecule has 2 atom stereocenters. The number of methoxy groups -OCH3 is 1. The van der Waals surface area contributed by atoms with Gasteiger partial charge in [-0.1, -0.05) is 61.5 Å². The summed E-state index contributed by atoms with van der Waals surface area (Å²) in [5.74, 6) is -0.366. The molecule has 37 heavy (non-hydrogen) atoms. The number of ether oxygens (including phenoxy) is 1. The van der Waals surface area contributed by atoms with E-state index in [1.54, 1.807) is 11.0 Å². The van der Waals surface area contributed by atoms with Crippen LogP contribution in [-0.2, 0) is 12.7 Å². The van der Waals surface area contributed by atoms with Gasteiger partial charge in [0.2, 0.25) is 0 Å². The summed E-state index contributed by atoms with van der Waals surface area (Å²) in [6, 6.07) is 14.0. The van der Waals surface area contributed by atoms with Gasteiger partial charge in [-0.05, 0) is 60.2 Å². The van der Waals surface area contributed by atoms with Crippen molar-refractivity contribution in [2.24, 2.45) is 0 Å². The number of hydrogen-bond acceptors (Lipinski definition) is 3. The van der Waals surface area contributed by atoms with Crippen LogP contribution in [-0.4, -0.2) is 23.3 Å². The lowest BCUT2D eigenvalue weighted by Crippen LogP contribution is -2.31. The lowest BCUT2D eigenvalue weighted by Gasteiger charge is -2.26. The average molecular weight is 532 g/mol. The van der Waals surface area contributed by atoms with Crippen LogP contribution in [0.25, 0.3) is 11.1 Å². The van der Waals surface area contributed by atoms with Gasteiger partial charge in [-0.2, -0.15) is 13.2 Å². The summed E-state index contributed by atoms with van der Waals surface area (Å²) in [4.78, 5) is 14.7. The zero-order chi connectivity index (χ0) is 27.1. The zero-order valence-corrected chi connectivity index (χ0v) is 22.1. The summed E-state index contributed by atoms with van der Waals surface area (Å²) in [6.45, 7) is 7.55. The number of hydrogen-bond donors (Lipinski definition) is 0. The number of alkyl halides is 3. The fourth-order valence-electron chi connectivity index (χ4n) is 4.75. The number of carbonyl (C=O) groups is 1. The second-order valence-corrected chi connectivity index (χ2v) is 10.8. The molecule has 1 fully saturated rings. The van der Waals surface area contributed by atoms with Gasteiger partial charge < -0.3 is 9.64 Å². The Labute approximate surface area is 218 Å². The first-order valence-corrected chi connectivity index (χ1v) is 12.9. The van der Waals surface area contributed by atoms with Crippen LogP contribution in [0.1, 0.15) is 59.8 Å². The molecule has 1 heterocycles. The highest BCUT2D eigenvalue weighted by Crippen LogP contribution is 2.45. The highest BCUT2D eigenvalue weighted by atomic mass is 32.2. The predicted octanol–water partition coefficient (Wildman–Crippen LogP) is 8.75. The molecule has 8 heteroatoms. The van der Waals surface area contributed by atoms with Crippen LogP contribution in [0.2, 0.25) is 0 Å². The van der Waals surface area contributed by atoms with Gasteiger partial charge in [0, 0.05) is 24.2 Å². The van der Waals surface area contributed by atoms with Gasteiger partial charge in [-0.15, -0.1) is 0 Å². The lowest BCUT2D eigenvalue weighted by atomic mass is 9.92. The Bertz CT molecular complexity index is 1320. The molecule has 3 aromatic rings. The third-order valence-electron chi connectivity index (χ3n) is 6.77. The molecule has 0 spiro atoms. The molecule has 0 saturated carbocycles. The van der Waals surface area contributed by atoms with E-state index in [-0.39, 0.29) is 34.7 Å². The van der Waals surface area contributed by atoms with Crippen LogP contribution in [0.4, 0.5) is 22.4 Å². The van der Waals surface area contributed by atoms with Crippen molar-refractivity contribution >= 4 is 17.0 Å². The van der Waals surface area contributed by atoms with Gasteiger partial charge in [-0.3, -0.25) is 4.79 Å². The van der Waals surface area contributed by atoms with E-state index in [1.807, 2.05) is 52.0 Å². The summed E-state index contributed by atoms with van der Waals surface area (Å²) in [6.07, 6.45) is -4.55. The number of halogens is 4. The Balaban J connectivity index is 1.80.